The van der Waals surface area contributed by atoms with Crippen molar-refractivity contribution in [3.05, 3.63) is 93.5 Å². The van der Waals surface area contributed by atoms with Gasteiger partial charge in [0.15, 0.2) is 11.5 Å². The van der Waals surface area contributed by atoms with E-state index in [1.807, 2.05) is 0 Å². The zero-order valence-corrected chi connectivity index (χ0v) is 18.4. The number of alkyl halides is 2. The first-order chi connectivity index (χ1) is 15.4. The maximum Gasteiger partial charge on any atom is 0.387 e. The van der Waals surface area contributed by atoms with Crippen LogP contribution in [0.25, 0.3) is 6.08 Å². The Balaban J connectivity index is 1.76. The number of benzene rings is 3. The molecule has 3 rings (SSSR count). The predicted octanol–water partition coefficient (Wildman–Crippen LogP) is 7.08. The zero-order chi connectivity index (χ0) is 23.1. The standard InChI is InChI=1S/C24H18Cl2F2O4/c1-30-22-11-9-15(12-17(22)14-31-23-19(25)6-3-7-20(23)26)8-10-21(29)16-4-2-5-18(13-16)32-24(27)28/h2-13,24H,14H2,1H3/b10-8+. The largest absolute Gasteiger partial charge is 0.496 e. The van der Waals surface area contributed by atoms with E-state index in [0.29, 0.717) is 32.7 Å². The van der Waals surface area contributed by atoms with Gasteiger partial charge in [0.1, 0.15) is 18.1 Å². The SMILES string of the molecule is COc1ccc(/C=C/C(=O)c2cccc(OC(F)F)c2)cc1COc1c(Cl)cccc1Cl. The lowest BCUT2D eigenvalue weighted by molar-refractivity contribution is -0.0498. The molecule has 0 atom stereocenters. The summed E-state index contributed by atoms with van der Waals surface area (Å²) >= 11 is 12.3. The molecule has 0 radical (unpaired) electrons. The molecule has 32 heavy (non-hydrogen) atoms. The minimum atomic E-state index is -2.96. The van der Waals surface area contributed by atoms with E-state index in [0.717, 1.165) is 0 Å². The van der Waals surface area contributed by atoms with Crippen molar-refractivity contribution in [1.29, 1.82) is 0 Å². The van der Waals surface area contributed by atoms with Crippen LogP contribution >= 0.6 is 23.2 Å². The van der Waals surface area contributed by atoms with Crippen molar-refractivity contribution in [2.45, 2.75) is 13.2 Å². The summed E-state index contributed by atoms with van der Waals surface area (Å²) in [6.07, 6.45) is 2.95. The van der Waals surface area contributed by atoms with Crippen LogP contribution in [-0.2, 0) is 6.61 Å². The van der Waals surface area contributed by atoms with Gasteiger partial charge in [0.25, 0.3) is 0 Å². The number of ketones is 1. The molecule has 0 aliphatic rings. The van der Waals surface area contributed by atoms with E-state index >= 15 is 0 Å². The quantitative estimate of drug-likeness (QED) is 0.243. The van der Waals surface area contributed by atoms with Gasteiger partial charge in [-0.05, 0) is 48.0 Å². The van der Waals surface area contributed by atoms with Crippen LogP contribution in [0.5, 0.6) is 17.2 Å². The Morgan fingerprint density at radius 1 is 1.03 bits per heavy atom. The molecule has 3 aromatic carbocycles. The maximum absolute atomic E-state index is 12.4. The molecule has 0 aliphatic carbocycles. The Hall–Kier alpha value is -3.09. The summed E-state index contributed by atoms with van der Waals surface area (Å²) in [5.74, 6) is 0.510. The minimum Gasteiger partial charge on any atom is -0.496 e. The van der Waals surface area contributed by atoms with Crippen LogP contribution < -0.4 is 14.2 Å². The van der Waals surface area contributed by atoms with Crippen LogP contribution in [0.2, 0.25) is 10.0 Å². The Kier molecular flexibility index (Phi) is 8.09. The lowest BCUT2D eigenvalue weighted by atomic mass is 10.1. The number of carbonyl (C=O) groups excluding carboxylic acids is 1. The average molecular weight is 479 g/mol. The molecule has 0 saturated carbocycles. The fraction of sp³-hybridized carbons (Fsp3) is 0.125. The topological polar surface area (TPSA) is 44.8 Å². The smallest absolute Gasteiger partial charge is 0.387 e. The number of allylic oxidation sites excluding steroid dienone is 1. The zero-order valence-electron chi connectivity index (χ0n) is 16.9. The molecule has 0 spiro atoms. The van der Waals surface area contributed by atoms with Gasteiger partial charge < -0.3 is 14.2 Å². The molecule has 0 heterocycles. The van der Waals surface area contributed by atoms with E-state index in [4.69, 9.17) is 32.7 Å². The number of para-hydroxylation sites is 1. The van der Waals surface area contributed by atoms with E-state index < -0.39 is 6.61 Å². The summed E-state index contributed by atoms with van der Waals surface area (Å²) in [4.78, 5) is 12.4. The van der Waals surface area contributed by atoms with Crippen molar-refractivity contribution >= 4 is 35.1 Å². The number of hydrogen-bond donors (Lipinski definition) is 0. The second-order valence-electron chi connectivity index (χ2n) is 6.51. The van der Waals surface area contributed by atoms with Gasteiger partial charge in [0, 0.05) is 11.1 Å². The van der Waals surface area contributed by atoms with Gasteiger partial charge in [-0.1, -0.05) is 53.5 Å². The van der Waals surface area contributed by atoms with Gasteiger partial charge in [-0.15, -0.1) is 0 Å². The molecule has 8 heteroatoms. The summed E-state index contributed by atoms with van der Waals surface area (Å²) in [5, 5.41) is 0.771. The van der Waals surface area contributed by atoms with E-state index in [1.165, 1.54) is 37.5 Å². The third kappa shape index (κ3) is 6.22. The molecular weight excluding hydrogens is 461 g/mol. The summed E-state index contributed by atoms with van der Waals surface area (Å²) in [7, 11) is 1.54. The average Bonchev–Trinajstić information content (AvgIpc) is 2.77. The van der Waals surface area contributed by atoms with Gasteiger partial charge in [0.2, 0.25) is 0 Å². The number of ether oxygens (including phenoxy) is 3. The molecule has 0 aliphatic heterocycles. The second kappa shape index (κ2) is 11.0. The predicted molar refractivity (Wildman–Crippen MR) is 120 cm³/mol. The summed E-state index contributed by atoms with van der Waals surface area (Å²) in [6, 6.07) is 16.0. The van der Waals surface area contributed by atoms with Gasteiger partial charge in [0.05, 0.1) is 17.2 Å². The monoisotopic (exact) mass is 478 g/mol. The Morgan fingerprint density at radius 2 is 1.75 bits per heavy atom. The summed E-state index contributed by atoms with van der Waals surface area (Å²) in [5.41, 5.74) is 1.65. The van der Waals surface area contributed by atoms with Crippen molar-refractivity contribution in [2.24, 2.45) is 0 Å². The molecular formula is C24H18Cl2F2O4. The number of rotatable bonds is 9. The van der Waals surface area contributed by atoms with Crippen LogP contribution in [0.15, 0.2) is 66.7 Å². The molecule has 4 nitrogen and oxygen atoms in total. The van der Waals surface area contributed by atoms with Crippen molar-refractivity contribution in [3.63, 3.8) is 0 Å². The number of hydrogen-bond acceptors (Lipinski definition) is 4. The summed E-state index contributed by atoms with van der Waals surface area (Å²) < 4.78 is 40.3. The molecule has 166 valence electrons. The Morgan fingerprint density at radius 3 is 2.44 bits per heavy atom. The van der Waals surface area contributed by atoms with Gasteiger partial charge >= 0.3 is 6.61 Å². The first-order valence-electron chi connectivity index (χ1n) is 9.38. The van der Waals surface area contributed by atoms with Crippen molar-refractivity contribution in [1.82, 2.24) is 0 Å². The van der Waals surface area contributed by atoms with Crippen molar-refractivity contribution in [2.75, 3.05) is 7.11 Å². The highest BCUT2D eigenvalue weighted by molar-refractivity contribution is 6.37. The molecule has 0 amide bonds. The summed E-state index contributed by atoms with van der Waals surface area (Å²) in [6.45, 7) is -2.83. The van der Waals surface area contributed by atoms with E-state index in [9.17, 15) is 13.6 Å². The Bertz CT molecular complexity index is 1110. The lowest BCUT2D eigenvalue weighted by Gasteiger charge is -2.13. The lowest BCUT2D eigenvalue weighted by Crippen LogP contribution is -2.03. The highest BCUT2D eigenvalue weighted by Crippen LogP contribution is 2.34. The highest BCUT2D eigenvalue weighted by atomic mass is 35.5. The van der Waals surface area contributed by atoms with Crippen LogP contribution in [-0.4, -0.2) is 19.5 Å². The fourth-order valence-corrected chi connectivity index (χ4v) is 3.39. The molecule has 0 N–H and O–H groups in total. The number of carbonyl (C=O) groups is 1. The fourth-order valence-electron chi connectivity index (χ4n) is 2.88. The van der Waals surface area contributed by atoms with E-state index in [1.54, 1.807) is 42.5 Å². The molecule has 3 aromatic rings. The maximum atomic E-state index is 12.4. The van der Waals surface area contributed by atoms with Crippen LogP contribution in [0.4, 0.5) is 8.78 Å². The number of methoxy groups -OCH3 is 1. The molecule has 0 aromatic heterocycles. The van der Waals surface area contributed by atoms with Crippen LogP contribution in [0, 0.1) is 0 Å². The first kappa shape index (κ1) is 23.6. The third-order valence-corrected chi connectivity index (χ3v) is 4.96. The molecule has 0 unspecified atom stereocenters. The third-order valence-electron chi connectivity index (χ3n) is 4.37. The van der Waals surface area contributed by atoms with E-state index in [2.05, 4.69) is 4.74 Å². The van der Waals surface area contributed by atoms with E-state index in [-0.39, 0.29) is 23.7 Å². The van der Waals surface area contributed by atoms with Crippen LogP contribution in [0.1, 0.15) is 21.5 Å². The molecule has 0 bridgehead atoms. The number of halogens is 4. The van der Waals surface area contributed by atoms with Gasteiger partial charge in [-0.2, -0.15) is 8.78 Å². The van der Waals surface area contributed by atoms with Gasteiger partial charge in [-0.25, -0.2) is 0 Å². The van der Waals surface area contributed by atoms with Gasteiger partial charge in [-0.3, -0.25) is 4.79 Å². The minimum absolute atomic E-state index is 0.0821. The highest BCUT2D eigenvalue weighted by Gasteiger charge is 2.11. The molecule has 0 fully saturated rings. The van der Waals surface area contributed by atoms with Crippen LogP contribution in [0.3, 0.4) is 0 Å². The molecule has 0 saturated heterocycles. The second-order valence-corrected chi connectivity index (χ2v) is 7.33. The van der Waals surface area contributed by atoms with Crippen molar-refractivity contribution in [3.8, 4) is 17.2 Å². The van der Waals surface area contributed by atoms with Crippen molar-refractivity contribution < 1.29 is 27.8 Å². The Labute approximate surface area is 193 Å². The normalized spacial score (nSPS) is 11.1. The first-order valence-corrected chi connectivity index (χ1v) is 10.1.